The molecule has 9 heteroatoms. The number of rotatable bonds is 2. The Morgan fingerprint density at radius 3 is 2.81 bits per heavy atom. The molecule has 3 aromatic rings. The fourth-order valence-corrected chi connectivity index (χ4v) is 2.70. The number of hydrogen-bond donors (Lipinski definition) is 0. The van der Waals surface area contributed by atoms with Gasteiger partial charge in [-0.2, -0.15) is 0 Å². The fraction of sp³-hybridized carbons (Fsp3) is 0. The van der Waals surface area contributed by atoms with Crippen LogP contribution < -0.4 is 0 Å². The molecule has 0 aliphatic carbocycles. The predicted molar refractivity (Wildman–Crippen MR) is 78.2 cm³/mol. The number of hydrogen-bond acceptors (Lipinski definition) is 4. The topological polar surface area (TPSA) is 73.8 Å². The Hall–Kier alpha value is -2.06. The lowest BCUT2D eigenvalue weighted by Gasteiger charge is -2.06. The summed E-state index contributed by atoms with van der Waals surface area (Å²) >= 11 is 9.35. The van der Waals surface area contributed by atoms with E-state index < -0.39 is 10.7 Å². The third kappa shape index (κ3) is 2.26. The predicted octanol–water partition coefficient (Wildman–Crippen LogP) is 3.88. The monoisotopic (exact) mass is 370 g/mol. The molecule has 0 amide bonds. The smallest absolute Gasteiger partial charge is 0.272 e. The Morgan fingerprint density at radius 2 is 2.14 bits per heavy atom. The molecule has 3 rings (SSSR count). The maximum Gasteiger partial charge on any atom is 0.272 e. The number of fused-ring (bicyclic) bond motifs is 1. The molecule has 0 aliphatic heterocycles. The van der Waals surface area contributed by atoms with Crippen LogP contribution in [-0.2, 0) is 0 Å². The third-order valence-corrected chi connectivity index (χ3v) is 3.75. The summed E-state index contributed by atoms with van der Waals surface area (Å²) in [6.07, 6.45) is 2.88. The Kier molecular flexibility index (Phi) is 3.34. The molecule has 1 aromatic carbocycles. The minimum absolute atomic E-state index is 0.119. The van der Waals surface area contributed by atoms with E-state index in [1.165, 1.54) is 23.0 Å². The van der Waals surface area contributed by atoms with Gasteiger partial charge in [0, 0.05) is 12.3 Å². The molecule has 6 nitrogen and oxygen atoms in total. The third-order valence-electron chi connectivity index (χ3n) is 2.89. The SMILES string of the molecule is O=[N+]([O-])c1ccc(-n2cc(Br)c3ncnc(Cl)c32)c(F)c1. The van der Waals surface area contributed by atoms with Gasteiger partial charge in [0.05, 0.1) is 21.1 Å². The van der Waals surface area contributed by atoms with Crippen LogP contribution in [0.5, 0.6) is 0 Å². The van der Waals surface area contributed by atoms with Gasteiger partial charge in [-0.3, -0.25) is 10.1 Å². The summed E-state index contributed by atoms with van der Waals surface area (Å²) < 4.78 is 16.2. The molecule has 0 radical (unpaired) electrons. The van der Waals surface area contributed by atoms with Crippen molar-refractivity contribution in [3.63, 3.8) is 0 Å². The van der Waals surface area contributed by atoms with E-state index in [9.17, 15) is 14.5 Å². The molecule has 0 saturated carbocycles. The normalized spacial score (nSPS) is 11.0. The van der Waals surface area contributed by atoms with Crippen LogP contribution in [0, 0.1) is 15.9 Å². The Labute approximate surface area is 130 Å². The van der Waals surface area contributed by atoms with Crippen molar-refractivity contribution < 1.29 is 9.31 Å². The van der Waals surface area contributed by atoms with E-state index in [-0.39, 0.29) is 16.5 Å². The standard InChI is InChI=1S/C12H5BrClFN4O2/c13-7-4-18(11-10(7)16-5-17-12(11)14)9-2-1-6(19(20)21)3-8(9)15/h1-5H. The number of halogens is 3. The maximum absolute atomic E-state index is 14.1. The molecule has 21 heavy (non-hydrogen) atoms. The first-order valence-electron chi connectivity index (χ1n) is 5.60. The van der Waals surface area contributed by atoms with Gasteiger partial charge in [-0.1, -0.05) is 11.6 Å². The molecule has 0 bridgehead atoms. The zero-order valence-corrected chi connectivity index (χ0v) is 12.5. The van der Waals surface area contributed by atoms with Gasteiger partial charge in [0.15, 0.2) is 11.0 Å². The summed E-state index contributed by atoms with van der Waals surface area (Å²) in [6, 6.07) is 3.38. The van der Waals surface area contributed by atoms with Crippen molar-refractivity contribution in [3.8, 4) is 5.69 Å². The quantitative estimate of drug-likeness (QED) is 0.389. The second kappa shape index (κ2) is 5.05. The number of nitro groups is 1. The Morgan fingerprint density at radius 1 is 1.38 bits per heavy atom. The lowest BCUT2D eigenvalue weighted by molar-refractivity contribution is -0.385. The number of aromatic nitrogens is 3. The van der Waals surface area contributed by atoms with Gasteiger partial charge in [0.25, 0.3) is 5.69 Å². The first-order valence-corrected chi connectivity index (χ1v) is 6.77. The second-order valence-corrected chi connectivity index (χ2v) is 5.31. The van der Waals surface area contributed by atoms with Crippen molar-refractivity contribution in [3.05, 3.63) is 56.3 Å². The summed E-state index contributed by atoms with van der Waals surface area (Å²) in [6.45, 7) is 0. The van der Waals surface area contributed by atoms with Crippen molar-refractivity contribution in [1.82, 2.24) is 14.5 Å². The van der Waals surface area contributed by atoms with E-state index >= 15 is 0 Å². The van der Waals surface area contributed by atoms with Gasteiger partial charge in [0.1, 0.15) is 17.4 Å². The van der Waals surface area contributed by atoms with Crippen LogP contribution in [0.4, 0.5) is 10.1 Å². The first-order chi connectivity index (χ1) is 9.99. The lowest BCUT2D eigenvalue weighted by atomic mass is 10.2. The zero-order chi connectivity index (χ0) is 15.1. The molecule has 2 aromatic heterocycles. The number of non-ortho nitro benzene ring substituents is 1. The molecule has 0 aliphatic rings. The molecule has 0 N–H and O–H groups in total. The van der Waals surface area contributed by atoms with E-state index in [1.807, 2.05) is 0 Å². The molecule has 0 unspecified atom stereocenters. The Bertz CT molecular complexity index is 883. The van der Waals surface area contributed by atoms with Crippen molar-refractivity contribution in [2.45, 2.75) is 0 Å². The number of nitro benzene ring substituents is 1. The van der Waals surface area contributed by atoms with Crippen molar-refractivity contribution in [2.75, 3.05) is 0 Å². The molecule has 106 valence electrons. The van der Waals surface area contributed by atoms with Gasteiger partial charge >= 0.3 is 0 Å². The summed E-state index contributed by atoms with van der Waals surface area (Å²) in [7, 11) is 0. The molecule has 0 fully saturated rings. The molecule has 0 spiro atoms. The highest BCUT2D eigenvalue weighted by atomic mass is 79.9. The number of benzene rings is 1. The van der Waals surface area contributed by atoms with Crippen molar-refractivity contribution >= 4 is 44.3 Å². The van der Waals surface area contributed by atoms with E-state index in [4.69, 9.17) is 11.6 Å². The lowest BCUT2D eigenvalue weighted by Crippen LogP contribution is -1.99. The maximum atomic E-state index is 14.1. The fourth-order valence-electron chi connectivity index (χ4n) is 1.98. The summed E-state index contributed by atoms with van der Waals surface area (Å²) in [5.74, 6) is -0.742. The highest BCUT2D eigenvalue weighted by Crippen LogP contribution is 2.32. The molecule has 0 saturated heterocycles. The van der Waals surface area contributed by atoms with Crippen LogP contribution in [0.1, 0.15) is 0 Å². The Balaban J connectivity index is 2.29. The van der Waals surface area contributed by atoms with Crippen LogP contribution in [0.3, 0.4) is 0 Å². The van der Waals surface area contributed by atoms with E-state index in [1.54, 1.807) is 6.20 Å². The van der Waals surface area contributed by atoms with Crippen molar-refractivity contribution in [1.29, 1.82) is 0 Å². The summed E-state index contributed by atoms with van der Waals surface area (Å²) in [5, 5.41) is 10.8. The minimum atomic E-state index is -0.742. The van der Waals surface area contributed by atoms with Gasteiger partial charge in [-0.15, -0.1) is 0 Å². The van der Waals surface area contributed by atoms with Crippen LogP contribution in [0.25, 0.3) is 16.7 Å². The summed E-state index contributed by atoms with van der Waals surface area (Å²) in [5.41, 5.74) is 0.730. The average molecular weight is 372 g/mol. The van der Waals surface area contributed by atoms with E-state index in [0.29, 0.717) is 15.5 Å². The minimum Gasteiger partial charge on any atom is -0.309 e. The van der Waals surface area contributed by atoms with E-state index in [0.717, 1.165) is 6.07 Å². The number of nitrogens with zero attached hydrogens (tertiary/aromatic N) is 4. The van der Waals surface area contributed by atoms with Gasteiger partial charge in [0.2, 0.25) is 0 Å². The highest BCUT2D eigenvalue weighted by Gasteiger charge is 2.17. The van der Waals surface area contributed by atoms with Crippen molar-refractivity contribution in [2.24, 2.45) is 0 Å². The molecular formula is C12H5BrClFN4O2. The largest absolute Gasteiger partial charge is 0.309 e. The van der Waals surface area contributed by atoms with Gasteiger partial charge in [-0.25, -0.2) is 14.4 Å². The highest BCUT2D eigenvalue weighted by molar-refractivity contribution is 9.10. The first kappa shape index (κ1) is 13.9. The second-order valence-electron chi connectivity index (χ2n) is 4.10. The molecule has 2 heterocycles. The molecule has 0 atom stereocenters. The van der Waals surface area contributed by atoms with Crippen LogP contribution in [-0.4, -0.2) is 19.5 Å². The van der Waals surface area contributed by atoms with Crippen LogP contribution in [0.15, 0.2) is 35.2 Å². The van der Waals surface area contributed by atoms with Crippen LogP contribution >= 0.6 is 27.5 Å². The molecular weight excluding hydrogens is 367 g/mol. The summed E-state index contributed by atoms with van der Waals surface area (Å²) in [4.78, 5) is 17.9. The zero-order valence-electron chi connectivity index (χ0n) is 10.1. The average Bonchev–Trinajstić information content (AvgIpc) is 2.77. The van der Waals surface area contributed by atoms with E-state index in [2.05, 4.69) is 25.9 Å². The van der Waals surface area contributed by atoms with Crippen LogP contribution in [0.2, 0.25) is 5.15 Å². The van der Waals surface area contributed by atoms with Gasteiger partial charge in [-0.05, 0) is 22.0 Å². The van der Waals surface area contributed by atoms with Gasteiger partial charge < -0.3 is 4.57 Å².